The van der Waals surface area contributed by atoms with Crippen molar-refractivity contribution < 1.29 is 15.3 Å². The van der Waals surface area contributed by atoms with Crippen LogP contribution in [0.1, 0.15) is 0 Å². The third-order valence-corrected chi connectivity index (χ3v) is 2.95. The van der Waals surface area contributed by atoms with E-state index in [1.165, 1.54) is 12.1 Å². The minimum Gasteiger partial charge on any atom is -0.507 e. The van der Waals surface area contributed by atoms with Crippen LogP contribution in [0, 0.1) is 0 Å². The predicted octanol–water partition coefficient (Wildman–Crippen LogP) is 3.11. The van der Waals surface area contributed by atoms with Crippen LogP contribution in [-0.2, 0) is 0 Å². The highest BCUT2D eigenvalue weighted by Crippen LogP contribution is 2.36. The Kier molecular flexibility index (Phi) is 1.89. The fourth-order valence-corrected chi connectivity index (χ4v) is 2.07. The van der Waals surface area contributed by atoms with Crippen LogP contribution in [0.15, 0.2) is 42.5 Å². The van der Waals surface area contributed by atoms with Crippen molar-refractivity contribution >= 4 is 21.5 Å². The number of phenols is 3. The summed E-state index contributed by atoms with van der Waals surface area (Å²) in [4.78, 5) is 0. The van der Waals surface area contributed by atoms with Crippen molar-refractivity contribution in [1.82, 2.24) is 0 Å². The molecule has 0 amide bonds. The quantitative estimate of drug-likeness (QED) is 0.407. The average molecular weight is 226 g/mol. The zero-order valence-corrected chi connectivity index (χ0v) is 8.88. The molecule has 0 bridgehead atoms. The largest absolute Gasteiger partial charge is 0.507 e. The SMILES string of the molecule is Oc1cccc2cc3c(O)ccc(O)c3cc12. The van der Waals surface area contributed by atoms with E-state index in [9.17, 15) is 15.3 Å². The number of fused-ring (bicyclic) bond motifs is 2. The van der Waals surface area contributed by atoms with Crippen molar-refractivity contribution in [3.05, 3.63) is 42.5 Å². The van der Waals surface area contributed by atoms with E-state index in [0.717, 1.165) is 5.39 Å². The van der Waals surface area contributed by atoms with Gasteiger partial charge in [-0.25, -0.2) is 0 Å². The summed E-state index contributed by atoms with van der Waals surface area (Å²) in [5.41, 5.74) is 0. The number of phenolic OH excluding ortho intramolecular Hbond substituents is 3. The summed E-state index contributed by atoms with van der Waals surface area (Å²) < 4.78 is 0. The lowest BCUT2D eigenvalue weighted by Gasteiger charge is -2.07. The monoisotopic (exact) mass is 226 g/mol. The molecule has 0 heterocycles. The first-order valence-electron chi connectivity index (χ1n) is 5.23. The first kappa shape index (κ1) is 9.78. The molecule has 0 aliphatic heterocycles. The molecule has 0 aromatic heterocycles. The standard InChI is InChI=1S/C14H10O3/c15-12-3-1-2-8-6-10-11(7-9(8)12)14(17)5-4-13(10)16/h1-7,15-17H. The van der Waals surface area contributed by atoms with E-state index in [1.54, 1.807) is 24.3 Å². The van der Waals surface area contributed by atoms with E-state index in [-0.39, 0.29) is 17.2 Å². The van der Waals surface area contributed by atoms with Crippen LogP contribution in [0.5, 0.6) is 17.2 Å². The summed E-state index contributed by atoms with van der Waals surface area (Å²) in [6.07, 6.45) is 0. The Morgan fingerprint density at radius 3 is 1.88 bits per heavy atom. The van der Waals surface area contributed by atoms with Crippen molar-refractivity contribution in [2.24, 2.45) is 0 Å². The van der Waals surface area contributed by atoms with Crippen molar-refractivity contribution in [2.45, 2.75) is 0 Å². The average Bonchev–Trinajstić information content (AvgIpc) is 2.33. The topological polar surface area (TPSA) is 60.7 Å². The van der Waals surface area contributed by atoms with Gasteiger partial charge in [0.2, 0.25) is 0 Å². The molecular formula is C14H10O3. The van der Waals surface area contributed by atoms with Crippen LogP contribution >= 0.6 is 0 Å². The van der Waals surface area contributed by atoms with Gasteiger partial charge in [0, 0.05) is 16.2 Å². The van der Waals surface area contributed by atoms with Crippen LogP contribution in [-0.4, -0.2) is 15.3 Å². The van der Waals surface area contributed by atoms with E-state index in [1.807, 2.05) is 6.07 Å². The molecule has 0 saturated carbocycles. The molecule has 0 unspecified atom stereocenters. The lowest BCUT2D eigenvalue weighted by Crippen LogP contribution is -1.79. The van der Waals surface area contributed by atoms with Gasteiger partial charge in [-0.1, -0.05) is 12.1 Å². The number of hydrogen-bond donors (Lipinski definition) is 3. The number of benzene rings is 3. The molecular weight excluding hydrogens is 216 g/mol. The maximum absolute atomic E-state index is 9.75. The predicted molar refractivity (Wildman–Crippen MR) is 66.4 cm³/mol. The Labute approximate surface area is 97.2 Å². The molecule has 0 fully saturated rings. The lowest BCUT2D eigenvalue weighted by molar-refractivity contribution is 0.469. The Balaban J connectivity index is 2.57. The Bertz CT molecular complexity index is 732. The van der Waals surface area contributed by atoms with Crippen molar-refractivity contribution in [3.63, 3.8) is 0 Å². The summed E-state index contributed by atoms with van der Waals surface area (Å²) in [5.74, 6) is 0.359. The molecule has 3 rings (SSSR count). The molecule has 0 aliphatic carbocycles. The van der Waals surface area contributed by atoms with Crippen LogP contribution < -0.4 is 0 Å². The van der Waals surface area contributed by atoms with Gasteiger partial charge in [-0.05, 0) is 35.7 Å². The molecule has 0 atom stereocenters. The van der Waals surface area contributed by atoms with Gasteiger partial charge in [-0.2, -0.15) is 0 Å². The van der Waals surface area contributed by atoms with E-state index >= 15 is 0 Å². The van der Waals surface area contributed by atoms with Crippen LogP contribution in [0.25, 0.3) is 21.5 Å². The molecule has 0 saturated heterocycles. The first-order chi connectivity index (χ1) is 8.16. The second-order valence-corrected chi connectivity index (χ2v) is 4.00. The lowest BCUT2D eigenvalue weighted by atomic mass is 10.0. The fraction of sp³-hybridized carbons (Fsp3) is 0. The highest BCUT2D eigenvalue weighted by Gasteiger charge is 2.08. The maximum Gasteiger partial charge on any atom is 0.123 e. The molecule has 0 spiro atoms. The third kappa shape index (κ3) is 1.36. The van der Waals surface area contributed by atoms with Gasteiger partial charge in [0.05, 0.1) is 0 Å². The van der Waals surface area contributed by atoms with Gasteiger partial charge >= 0.3 is 0 Å². The number of hydrogen-bond acceptors (Lipinski definition) is 3. The van der Waals surface area contributed by atoms with E-state index in [0.29, 0.717) is 16.2 Å². The molecule has 3 N–H and O–H groups in total. The summed E-state index contributed by atoms with van der Waals surface area (Å²) in [5, 5.41) is 31.8. The van der Waals surface area contributed by atoms with E-state index in [4.69, 9.17) is 0 Å². The second-order valence-electron chi connectivity index (χ2n) is 4.00. The third-order valence-electron chi connectivity index (χ3n) is 2.95. The summed E-state index contributed by atoms with van der Waals surface area (Å²) >= 11 is 0. The van der Waals surface area contributed by atoms with Gasteiger partial charge in [0.1, 0.15) is 17.2 Å². The molecule has 0 radical (unpaired) electrons. The summed E-state index contributed by atoms with van der Waals surface area (Å²) in [6, 6.07) is 11.5. The van der Waals surface area contributed by atoms with Crippen LogP contribution in [0.3, 0.4) is 0 Å². The Morgan fingerprint density at radius 2 is 1.18 bits per heavy atom. The molecule has 17 heavy (non-hydrogen) atoms. The summed E-state index contributed by atoms with van der Waals surface area (Å²) in [6.45, 7) is 0. The minimum absolute atomic E-state index is 0.0861. The molecule has 84 valence electrons. The Hall–Kier alpha value is -2.42. The normalized spacial score (nSPS) is 11.1. The highest BCUT2D eigenvalue weighted by molar-refractivity contribution is 6.05. The van der Waals surface area contributed by atoms with E-state index < -0.39 is 0 Å². The fourth-order valence-electron chi connectivity index (χ4n) is 2.07. The Morgan fingerprint density at radius 1 is 0.588 bits per heavy atom. The second kappa shape index (κ2) is 3.28. The summed E-state index contributed by atoms with van der Waals surface area (Å²) in [7, 11) is 0. The van der Waals surface area contributed by atoms with Crippen molar-refractivity contribution in [2.75, 3.05) is 0 Å². The van der Waals surface area contributed by atoms with Gasteiger partial charge in [-0.15, -0.1) is 0 Å². The maximum atomic E-state index is 9.75. The van der Waals surface area contributed by atoms with Gasteiger partial charge < -0.3 is 15.3 Å². The molecule has 0 aliphatic rings. The van der Waals surface area contributed by atoms with Crippen LogP contribution in [0.2, 0.25) is 0 Å². The zero-order chi connectivity index (χ0) is 12.0. The molecule has 3 heteroatoms. The van der Waals surface area contributed by atoms with Crippen molar-refractivity contribution in [3.8, 4) is 17.2 Å². The van der Waals surface area contributed by atoms with Gasteiger partial charge in [0.25, 0.3) is 0 Å². The van der Waals surface area contributed by atoms with Gasteiger partial charge in [0.15, 0.2) is 0 Å². The first-order valence-corrected chi connectivity index (χ1v) is 5.23. The smallest absolute Gasteiger partial charge is 0.123 e. The molecule has 3 aromatic carbocycles. The highest BCUT2D eigenvalue weighted by atomic mass is 16.3. The number of rotatable bonds is 0. The van der Waals surface area contributed by atoms with E-state index in [2.05, 4.69) is 0 Å². The van der Waals surface area contributed by atoms with Gasteiger partial charge in [-0.3, -0.25) is 0 Å². The minimum atomic E-state index is 0.0861. The molecule has 3 aromatic rings. The van der Waals surface area contributed by atoms with Crippen molar-refractivity contribution in [1.29, 1.82) is 0 Å². The molecule has 3 nitrogen and oxygen atoms in total. The number of aromatic hydroxyl groups is 3. The van der Waals surface area contributed by atoms with Crippen LogP contribution in [0.4, 0.5) is 0 Å². The zero-order valence-electron chi connectivity index (χ0n) is 8.88.